The first-order chi connectivity index (χ1) is 10.1. The van der Waals surface area contributed by atoms with E-state index in [0.29, 0.717) is 0 Å². The number of nitrogens with one attached hydrogen (secondary N) is 1. The Labute approximate surface area is 140 Å². The summed E-state index contributed by atoms with van der Waals surface area (Å²) >= 11 is 6.93. The molecule has 1 aromatic heterocycles. The van der Waals surface area contributed by atoms with E-state index >= 15 is 0 Å². The highest BCUT2D eigenvalue weighted by molar-refractivity contribution is 9.10. The van der Waals surface area contributed by atoms with Crippen molar-refractivity contribution in [3.05, 3.63) is 69.2 Å². The van der Waals surface area contributed by atoms with E-state index in [2.05, 4.69) is 91.5 Å². The Kier molecular flexibility index (Phi) is 4.27. The Hall–Kier alpha value is -1.39. The van der Waals surface area contributed by atoms with Crippen LogP contribution in [-0.4, -0.2) is 4.98 Å². The molecule has 0 amide bonds. The van der Waals surface area contributed by atoms with Gasteiger partial charge in [-0.15, -0.1) is 0 Å². The van der Waals surface area contributed by atoms with E-state index in [-0.39, 0.29) is 6.04 Å². The van der Waals surface area contributed by atoms with Crippen LogP contribution in [0.2, 0.25) is 0 Å². The maximum atomic E-state index is 4.52. The van der Waals surface area contributed by atoms with Gasteiger partial charge in [-0.05, 0) is 52.7 Å². The van der Waals surface area contributed by atoms with E-state index in [1.54, 1.807) is 0 Å². The Morgan fingerprint density at radius 3 is 2.52 bits per heavy atom. The van der Waals surface area contributed by atoms with Crippen molar-refractivity contribution in [2.24, 2.45) is 0 Å². The van der Waals surface area contributed by atoms with Gasteiger partial charge in [0.2, 0.25) is 0 Å². The van der Waals surface area contributed by atoms with Gasteiger partial charge in [0.15, 0.2) is 0 Å². The number of halogens is 2. The highest BCUT2D eigenvalue weighted by atomic mass is 79.9. The smallest absolute Gasteiger partial charge is 0.0934 e. The van der Waals surface area contributed by atoms with Gasteiger partial charge in [0.1, 0.15) is 0 Å². The summed E-state index contributed by atoms with van der Waals surface area (Å²) in [7, 11) is 0. The van der Waals surface area contributed by atoms with Crippen LogP contribution in [0.5, 0.6) is 0 Å². The summed E-state index contributed by atoms with van der Waals surface area (Å²) in [6.07, 6.45) is 1.83. The fourth-order valence-electron chi connectivity index (χ4n) is 2.32. The molecule has 2 aromatic carbocycles. The third-order valence-electron chi connectivity index (χ3n) is 3.42. The first kappa shape index (κ1) is 14.5. The molecule has 3 rings (SSSR count). The van der Waals surface area contributed by atoms with Gasteiger partial charge in [0, 0.05) is 26.6 Å². The zero-order valence-corrected chi connectivity index (χ0v) is 14.6. The number of pyridine rings is 1. The summed E-state index contributed by atoms with van der Waals surface area (Å²) in [4.78, 5) is 4.52. The second-order valence-corrected chi connectivity index (χ2v) is 6.78. The molecule has 0 radical (unpaired) electrons. The highest BCUT2D eigenvalue weighted by Gasteiger charge is 2.08. The first-order valence-corrected chi connectivity index (χ1v) is 8.28. The predicted octanol–water partition coefficient (Wildman–Crippen LogP) is 5.93. The lowest BCUT2D eigenvalue weighted by Crippen LogP contribution is -2.07. The molecule has 3 aromatic rings. The summed E-state index contributed by atoms with van der Waals surface area (Å²) in [6.45, 7) is 2.15. The van der Waals surface area contributed by atoms with E-state index in [9.17, 15) is 0 Å². The van der Waals surface area contributed by atoms with Crippen LogP contribution in [0, 0.1) is 0 Å². The van der Waals surface area contributed by atoms with Crippen LogP contribution in [0.25, 0.3) is 10.9 Å². The fraction of sp³-hybridized carbons (Fsp3) is 0.118. The number of hydrogen-bond donors (Lipinski definition) is 1. The summed E-state index contributed by atoms with van der Waals surface area (Å²) in [5.41, 5.74) is 3.28. The minimum Gasteiger partial charge on any atom is -0.377 e. The molecule has 21 heavy (non-hydrogen) atoms. The van der Waals surface area contributed by atoms with Crippen molar-refractivity contribution >= 4 is 48.5 Å². The molecule has 0 saturated carbocycles. The Balaban J connectivity index is 1.92. The molecule has 0 spiro atoms. The molecule has 1 N–H and O–H groups in total. The largest absolute Gasteiger partial charge is 0.377 e. The molecule has 1 unspecified atom stereocenters. The van der Waals surface area contributed by atoms with Gasteiger partial charge in [0.25, 0.3) is 0 Å². The van der Waals surface area contributed by atoms with E-state index in [1.807, 2.05) is 12.3 Å². The van der Waals surface area contributed by atoms with Crippen LogP contribution >= 0.6 is 31.9 Å². The normalized spacial score (nSPS) is 12.3. The molecule has 0 saturated heterocycles. The van der Waals surface area contributed by atoms with E-state index < -0.39 is 0 Å². The summed E-state index contributed by atoms with van der Waals surface area (Å²) in [5, 5.41) is 4.67. The summed E-state index contributed by atoms with van der Waals surface area (Å²) < 4.78 is 2.09. The molecule has 0 aliphatic heterocycles. The zero-order valence-electron chi connectivity index (χ0n) is 11.5. The molecule has 0 bridgehead atoms. The molecule has 106 valence electrons. The maximum absolute atomic E-state index is 4.52. The summed E-state index contributed by atoms with van der Waals surface area (Å²) in [6, 6.07) is 16.9. The lowest BCUT2D eigenvalue weighted by molar-refractivity contribution is 0.885. The monoisotopic (exact) mass is 404 g/mol. The predicted molar refractivity (Wildman–Crippen MR) is 95.6 cm³/mol. The van der Waals surface area contributed by atoms with Crippen LogP contribution in [-0.2, 0) is 0 Å². The van der Waals surface area contributed by atoms with Crippen molar-refractivity contribution in [1.29, 1.82) is 0 Å². The molecular formula is C17H14Br2N2. The second-order valence-electron chi connectivity index (χ2n) is 4.95. The standard InChI is InChI=1S/C17H14Br2N2/c1-11(12-5-7-14(18)8-6-12)21-16-4-2-3-13-9-15(19)10-20-17(13)16/h2-11,21H,1H3. The van der Waals surface area contributed by atoms with E-state index in [4.69, 9.17) is 0 Å². The molecule has 1 atom stereocenters. The third kappa shape index (κ3) is 3.27. The SMILES string of the molecule is CC(Nc1cccc2cc(Br)cnc12)c1ccc(Br)cc1. The van der Waals surface area contributed by atoms with Crippen molar-refractivity contribution in [2.45, 2.75) is 13.0 Å². The van der Waals surface area contributed by atoms with Crippen molar-refractivity contribution < 1.29 is 0 Å². The Bertz CT molecular complexity index is 769. The quantitative estimate of drug-likeness (QED) is 0.583. The molecule has 2 nitrogen and oxygen atoms in total. The zero-order chi connectivity index (χ0) is 14.8. The number of aromatic nitrogens is 1. The number of benzene rings is 2. The average Bonchev–Trinajstić information content (AvgIpc) is 2.47. The van der Waals surface area contributed by atoms with Gasteiger partial charge in [-0.1, -0.05) is 40.2 Å². The van der Waals surface area contributed by atoms with Crippen molar-refractivity contribution in [2.75, 3.05) is 5.32 Å². The average molecular weight is 406 g/mol. The van der Waals surface area contributed by atoms with Gasteiger partial charge in [0.05, 0.1) is 11.2 Å². The third-order valence-corrected chi connectivity index (χ3v) is 4.38. The Morgan fingerprint density at radius 2 is 1.76 bits per heavy atom. The van der Waals surface area contributed by atoms with Crippen molar-refractivity contribution in [1.82, 2.24) is 4.98 Å². The fourth-order valence-corrected chi connectivity index (χ4v) is 2.93. The molecule has 1 heterocycles. The number of para-hydroxylation sites is 1. The molecular weight excluding hydrogens is 392 g/mol. The number of anilines is 1. The topological polar surface area (TPSA) is 24.9 Å². The van der Waals surface area contributed by atoms with Crippen LogP contribution in [0.15, 0.2) is 63.7 Å². The second kappa shape index (κ2) is 6.16. The van der Waals surface area contributed by atoms with Crippen LogP contribution in [0.3, 0.4) is 0 Å². The van der Waals surface area contributed by atoms with E-state index in [0.717, 1.165) is 25.5 Å². The van der Waals surface area contributed by atoms with Crippen LogP contribution < -0.4 is 5.32 Å². The van der Waals surface area contributed by atoms with Gasteiger partial charge in [-0.3, -0.25) is 4.98 Å². The number of rotatable bonds is 3. The summed E-state index contributed by atoms with van der Waals surface area (Å²) in [5.74, 6) is 0. The number of fused-ring (bicyclic) bond motifs is 1. The minimum absolute atomic E-state index is 0.217. The minimum atomic E-state index is 0.217. The maximum Gasteiger partial charge on any atom is 0.0934 e. The lowest BCUT2D eigenvalue weighted by Gasteiger charge is -2.17. The van der Waals surface area contributed by atoms with Gasteiger partial charge >= 0.3 is 0 Å². The van der Waals surface area contributed by atoms with Crippen molar-refractivity contribution in [3.8, 4) is 0 Å². The molecule has 0 fully saturated rings. The molecule has 4 heteroatoms. The molecule has 0 aliphatic carbocycles. The van der Waals surface area contributed by atoms with Crippen LogP contribution in [0.1, 0.15) is 18.5 Å². The number of hydrogen-bond acceptors (Lipinski definition) is 2. The van der Waals surface area contributed by atoms with Gasteiger partial charge in [-0.25, -0.2) is 0 Å². The molecule has 0 aliphatic rings. The van der Waals surface area contributed by atoms with Crippen LogP contribution in [0.4, 0.5) is 5.69 Å². The highest BCUT2D eigenvalue weighted by Crippen LogP contribution is 2.27. The van der Waals surface area contributed by atoms with E-state index in [1.165, 1.54) is 5.56 Å². The Morgan fingerprint density at radius 1 is 1.00 bits per heavy atom. The number of nitrogens with zero attached hydrogens (tertiary/aromatic N) is 1. The van der Waals surface area contributed by atoms with Gasteiger partial charge < -0.3 is 5.32 Å². The first-order valence-electron chi connectivity index (χ1n) is 6.70. The van der Waals surface area contributed by atoms with Gasteiger partial charge in [-0.2, -0.15) is 0 Å². The lowest BCUT2D eigenvalue weighted by atomic mass is 10.1. The van der Waals surface area contributed by atoms with Crippen molar-refractivity contribution in [3.63, 3.8) is 0 Å².